The Bertz CT molecular complexity index is 951. The van der Waals surface area contributed by atoms with E-state index in [0.717, 1.165) is 0 Å². The van der Waals surface area contributed by atoms with Crippen molar-refractivity contribution >= 4 is 33.8 Å². The molecular weight excluding hydrogens is 392 g/mol. The summed E-state index contributed by atoms with van der Waals surface area (Å²) in [5.41, 5.74) is 0. The molecule has 27 heavy (non-hydrogen) atoms. The molecule has 0 aliphatic carbocycles. The largest absolute Gasteiger partial charge is 0.481 e. The number of terminal acetylenes is 1. The average molecular weight is 408 g/mol. The molecule has 0 bridgehead atoms. The number of nitrogens with one attached hydrogen (secondary N) is 2. The minimum atomic E-state index is -4.14. The molecule has 9 nitrogen and oxygen atoms in total. The lowest BCUT2D eigenvalue weighted by molar-refractivity contribution is 0.256. The first-order valence-corrected chi connectivity index (χ1v) is 9.82. The third-order valence-corrected chi connectivity index (χ3v) is 5.50. The Morgan fingerprint density at radius 1 is 1.22 bits per heavy atom. The first kappa shape index (κ1) is 20.3. The van der Waals surface area contributed by atoms with E-state index in [0.29, 0.717) is 4.90 Å². The number of anilines is 1. The molecule has 0 saturated heterocycles. The zero-order valence-electron chi connectivity index (χ0n) is 14.4. The number of hydrogen-bond donors (Lipinski definition) is 2. The van der Waals surface area contributed by atoms with Crippen molar-refractivity contribution in [3.05, 3.63) is 30.3 Å². The summed E-state index contributed by atoms with van der Waals surface area (Å²) in [6.07, 6.45) is 5.22. The van der Waals surface area contributed by atoms with Crippen LogP contribution < -0.4 is 19.5 Å². The number of nitrogens with zero attached hydrogens (tertiary/aromatic N) is 2. The van der Waals surface area contributed by atoms with Gasteiger partial charge in [-0.2, -0.15) is 9.97 Å². The number of sulfonamides is 1. The molecule has 0 aliphatic heterocycles. The van der Waals surface area contributed by atoms with Crippen molar-refractivity contribution in [2.45, 2.75) is 9.79 Å². The van der Waals surface area contributed by atoms with Crippen molar-refractivity contribution in [1.29, 1.82) is 0 Å². The summed E-state index contributed by atoms with van der Waals surface area (Å²) < 4.78 is 36.9. The molecule has 0 radical (unpaired) electrons. The number of ether oxygens (including phenoxy) is 2. The molecular formula is C16H16N4O5S2. The summed E-state index contributed by atoms with van der Waals surface area (Å²) in [5, 5.41) is 2.23. The fourth-order valence-electron chi connectivity index (χ4n) is 1.88. The van der Waals surface area contributed by atoms with E-state index in [4.69, 9.17) is 15.9 Å². The number of rotatable bonds is 7. The van der Waals surface area contributed by atoms with Crippen LogP contribution in [-0.4, -0.2) is 44.4 Å². The molecule has 2 amide bonds. The van der Waals surface area contributed by atoms with E-state index in [1.807, 2.05) is 4.72 Å². The number of methoxy groups -OCH3 is 2. The van der Waals surface area contributed by atoms with Gasteiger partial charge in [0.15, 0.2) is 0 Å². The molecule has 1 aromatic carbocycles. The van der Waals surface area contributed by atoms with Gasteiger partial charge in [0.2, 0.25) is 17.7 Å². The Morgan fingerprint density at radius 2 is 1.85 bits per heavy atom. The van der Waals surface area contributed by atoms with Crippen LogP contribution in [0.2, 0.25) is 0 Å². The zero-order valence-corrected chi connectivity index (χ0v) is 16.1. The lowest BCUT2D eigenvalue weighted by Gasteiger charge is -2.11. The van der Waals surface area contributed by atoms with Crippen LogP contribution in [0.1, 0.15) is 0 Å². The van der Waals surface area contributed by atoms with Gasteiger partial charge in [-0.25, -0.2) is 17.9 Å². The van der Waals surface area contributed by atoms with E-state index in [1.165, 1.54) is 38.1 Å². The SMILES string of the molecule is C#CCSc1ccccc1S(=O)(=O)NC(=O)Nc1nc(OC)cc(OC)n1. The Morgan fingerprint density at radius 3 is 2.44 bits per heavy atom. The zero-order chi connectivity index (χ0) is 19.9. The van der Waals surface area contributed by atoms with E-state index >= 15 is 0 Å². The summed E-state index contributed by atoms with van der Waals surface area (Å²) in [7, 11) is -1.39. The first-order chi connectivity index (χ1) is 12.9. The highest BCUT2D eigenvalue weighted by atomic mass is 32.2. The van der Waals surface area contributed by atoms with Crippen LogP contribution in [0.5, 0.6) is 11.8 Å². The summed E-state index contributed by atoms with van der Waals surface area (Å²) in [4.78, 5) is 20.3. The fourth-order valence-corrected chi connectivity index (χ4v) is 4.01. The first-order valence-electron chi connectivity index (χ1n) is 7.35. The Hall–Kier alpha value is -2.97. The van der Waals surface area contributed by atoms with Gasteiger partial charge in [0, 0.05) is 4.90 Å². The quantitative estimate of drug-likeness (QED) is 0.525. The summed E-state index contributed by atoms with van der Waals surface area (Å²) in [6, 6.07) is 6.56. The highest BCUT2D eigenvalue weighted by Crippen LogP contribution is 2.26. The molecule has 2 aromatic rings. The van der Waals surface area contributed by atoms with Gasteiger partial charge >= 0.3 is 6.03 Å². The number of carbonyl (C=O) groups is 1. The minimum Gasteiger partial charge on any atom is -0.481 e. The number of amides is 2. The van der Waals surface area contributed by atoms with Gasteiger partial charge < -0.3 is 9.47 Å². The second-order valence-electron chi connectivity index (χ2n) is 4.78. The van der Waals surface area contributed by atoms with E-state index in [-0.39, 0.29) is 28.4 Å². The van der Waals surface area contributed by atoms with E-state index < -0.39 is 16.1 Å². The van der Waals surface area contributed by atoms with E-state index in [2.05, 4.69) is 21.2 Å². The van der Waals surface area contributed by atoms with Gasteiger partial charge in [-0.05, 0) is 12.1 Å². The second kappa shape index (κ2) is 9.11. The topological polar surface area (TPSA) is 120 Å². The van der Waals surface area contributed by atoms with Crippen LogP contribution in [0.3, 0.4) is 0 Å². The predicted octanol–water partition coefficient (Wildman–Crippen LogP) is 1.73. The van der Waals surface area contributed by atoms with Gasteiger partial charge in [-0.15, -0.1) is 18.2 Å². The number of hydrogen-bond acceptors (Lipinski definition) is 8. The molecule has 0 spiro atoms. The molecule has 1 aromatic heterocycles. The highest BCUT2D eigenvalue weighted by Gasteiger charge is 2.22. The van der Waals surface area contributed by atoms with Gasteiger partial charge in [-0.1, -0.05) is 18.1 Å². The van der Waals surface area contributed by atoms with Crippen LogP contribution >= 0.6 is 11.8 Å². The maximum Gasteiger partial charge on any atom is 0.335 e. The Labute approximate surface area is 160 Å². The van der Waals surface area contributed by atoms with Crippen LogP contribution in [0.4, 0.5) is 10.7 Å². The standard InChI is InChI=1S/C16H16N4O5S2/c1-4-9-26-11-7-5-6-8-12(11)27(22,23)20-16(21)19-15-17-13(24-2)10-14(18-15)25-3/h1,5-8,10H,9H2,2-3H3,(H2,17,18,19,20,21). The highest BCUT2D eigenvalue weighted by molar-refractivity contribution is 8.00. The van der Waals surface area contributed by atoms with Crippen molar-refractivity contribution < 1.29 is 22.7 Å². The number of carbonyl (C=O) groups excluding carboxylic acids is 1. The van der Waals surface area contributed by atoms with Crippen molar-refractivity contribution in [3.63, 3.8) is 0 Å². The second-order valence-corrected chi connectivity index (χ2v) is 7.44. The molecule has 0 fully saturated rings. The lowest BCUT2D eigenvalue weighted by Crippen LogP contribution is -2.35. The van der Waals surface area contributed by atoms with Crippen molar-refractivity contribution in [1.82, 2.24) is 14.7 Å². The van der Waals surface area contributed by atoms with Crippen molar-refractivity contribution in [2.75, 3.05) is 25.3 Å². The van der Waals surface area contributed by atoms with Crippen LogP contribution in [0.15, 0.2) is 40.1 Å². The number of aromatic nitrogens is 2. The fraction of sp³-hybridized carbons (Fsp3) is 0.188. The number of benzene rings is 1. The van der Waals surface area contributed by atoms with Crippen LogP contribution in [-0.2, 0) is 10.0 Å². The summed E-state index contributed by atoms with van der Waals surface area (Å²) in [6.45, 7) is 0. The maximum atomic E-state index is 12.5. The molecule has 11 heteroatoms. The lowest BCUT2D eigenvalue weighted by atomic mass is 10.4. The van der Waals surface area contributed by atoms with Crippen molar-refractivity contribution in [3.8, 4) is 24.1 Å². The third kappa shape index (κ3) is 5.50. The maximum absolute atomic E-state index is 12.5. The van der Waals surface area contributed by atoms with Gasteiger partial charge in [0.25, 0.3) is 10.0 Å². The molecule has 0 aliphatic rings. The normalized spacial score (nSPS) is 10.6. The third-order valence-electron chi connectivity index (χ3n) is 3.00. The predicted molar refractivity (Wildman–Crippen MR) is 100 cm³/mol. The van der Waals surface area contributed by atoms with Crippen LogP contribution in [0, 0.1) is 12.3 Å². The monoisotopic (exact) mass is 408 g/mol. The molecule has 2 N–H and O–H groups in total. The number of urea groups is 1. The van der Waals surface area contributed by atoms with Gasteiger partial charge in [0.1, 0.15) is 4.90 Å². The van der Waals surface area contributed by atoms with Crippen molar-refractivity contribution in [2.24, 2.45) is 0 Å². The van der Waals surface area contributed by atoms with Gasteiger partial charge in [-0.3, -0.25) is 5.32 Å². The van der Waals surface area contributed by atoms with Gasteiger partial charge in [0.05, 0.1) is 26.0 Å². The average Bonchev–Trinajstić information content (AvgIpc) is 2.65. The summed E-state index contributed by atoms with van der Waals surface area (Å²) >= 11 is 1.17. The molecule has 0 atom stereocenters. The smallest absolute Gasteiger partial charge is 0.335 e. The Balaban J connectivity index is 2.19. The van der Waals surface area contributed by atoms with E-state index in [9.17, 15) is 13.2 Å². The summed E-state index contributed by atoms with van der Waals surface area (Å²) in [5.74, 6) is 2.79. The molecule has 142 valence electrons. The Kier molecular flexibility index (Phi) is 6.86. The van der Waals surface area contributed by atoms with Crippen LogP contribution in [0.25, 0.3) is 0 Å². The number of thioether (sulfide) groups is 1. The molecule has 0 unspecified atom stereocenters. The molecule has 2 rings (SSSR count). The minimum absolute atomic E-state index is 0.0652. The van der Waals surface area contributed by atoms with E-state index in [1.54, 1.807) is 18.2 Å². The molecule has 1 heterocycles. The molecule has 0 saturated carbocycles.